The Morgan fingerprint density at radius 3 is 2.45 bits per heavy atom. The van der Waals surface area contributed by atoms with Crippen molar-refractivity contribution < 1.29 is 9.21 Å². The highest BCUT2D eigenvalue weighted by Crippen LogP contribution is 2.24. The minimum absolute atomic E-state index is 0.172. The number of anilines is 1. The zero-order chi connectivity index (χ0) is 20.2. The van der Waals surface area contributed by atoms with Crippen molar-refractivity contribution >= 4 is 22.7 Å². The van der Waals surface area contributed by atoms with Gasteiger partial charge in [0.1, 0.15) is 0 Å². The maximum Gasteiger partial charge on any atom is 0.419 e. The number of aromatic nitrogens is 1. The fraction of sp³-hybridized carbons (Fsp3) is 0.391. The first-order chi connectivity index (χ1) is 14.2. The van der Waals surface area contributed by atoms with Gasteiger partial charge < -0.3 is 14.2 Å². The number of benzene rings is 2. The molecule has 2 aromatic carbocycles. The molecule has 4 rings (SSSR count). The number of fused-ring (bicyclic) bond motifs is 1. The Morgan fingerprint density at radius 2 is 1.72 bits per heavy atom. The van der Waals surface area contributed by atoms with Gasteiger partial charge in [-0.3, -0.25) is 9.36 Å². The molecule has 1 fully saturated rings. The molecule has 1 saturated heterocycles. The van der Waals surface area contributed by atoms with E-state index < -0.39 is 0 Å². The summed E-state index contributed by atoms with van der Waals surface area (Å²) in [7, 11) is 0. The van der Waals surface area contributed by atoms with E-state index in [2.05, 4.69) is 4.90 Å². The molecule has 0 bridgehead atoms. The number of amides is 1. The first kappa shape index (κ1) is 19.5. The van der Waals surface area contributed by atoms with Crippen molar-refractivity contribution in [2.75, 3.05) is 24.5 Å². The van der Waals surface area contributed by atoms with Gasteiger partial charge in [-0.25, -0.2) is 4.79 Å². The number of carbonyl (C=O) groups is 1. The first-order valence-electron chi connectivity index (χ1n) is 10.3. The Bertz CT molecular complexity index is 1020. The van der Waals surface area contributed by atoms with Gasteiger partial charge in [0.2, 0.25) is 5.91 Å². The van der Waals surface area contributed by atoms with E-state index in [0.717, 1.165) is 43.7 Å². The molecule has 0 spiro atoms. The van der Waals surface area contributed by atoms with Crippen molar-refractivity contribution in [3.63, 3.8) is 0 Å². The van der Waals surface area contributed by atoms with E-state index >= 15 is 0 Å². The van der Waals surface area contributed by atoms with Crippen LogP contribution in [0.4, 0.5) is 5.69 Å². The first-order valence-corrected chi connectivity index (χ1v) is 10.3. The second-order valence-corrected chi connectivity index (χ2v) is 7.51. The van der Waals surface area contributed by atoms with Gasteiger partial charge in [-0.1, -0.05) is 37.3 Å². The lowest BCUT2D eigenvalue weighted by molar-refractivity contribution is -0.119. The van der Waals surface area contributed by atoms with Crippen LogP contribution in [0.1, 0.15) is 26.2 Å². The normalized spacial score (nSPS) is 15.6. The summed E-state index contributed by atoms with van der Waals surface area (Å²) in [5, 5.41) is 0. The lowest BCUT2D eigenvalue weighted by atomic mass is 10.0. The van der Waals surface area contributed by atoms with Gasteiger partial charge in [-0.15, -0.1) is 0 Å². The highest BCUT2D eigenvalue weighted by molar-refractivity contribution is 5.93. The van der Waals surface area contributed by atoms with Crippen molar-refractivity contribution in [2.24, 2.45) is 0 Å². The lowest BCUT2D eigenvalue weighted by Gasteiger charge is -2.38. The molecule has 152 valence electrons. The summed E-state index contributed by atoms with van der Waals surface area (Å²) in [5.41, 5.74) is 2.46. The molecule has 1 aliphatic heterocycles. The Hall–Kier alpha value is -2.86. The van der Waals surface area contributed by atoms with E-state index in [4.69, 9.17) is 4.42 Å². The molecule has 1 aromatic heterocycles. The Labute approximate surface area is 170 Å². The standard InChI is InChI=1S/C23H27N3O3/c1-2-22(27)26(18-8-4-3-5-9-18)19-12-14-24(15-13-19)16-17-25-20-10-6-7-11-21(20)29-23(25)28/h3-11,19H,2,12-17H2,1H3. The molecular weight excluding hydrogens is 366 g/mol. The van der Waals surface area contributed by atoms with E-state index in [1.807, 2.05) is 66.4 Å². The quantitative estimate of drug-likeness (QED) is 0.643. The number of rotatable bonds is 6. The van der Waals surface area contributed by atoms with E-state index in [-0.39, 0.29) is 17.7 Å². The van der Waals surface area contributed by atoms with E-state index in [1.165, 1.54) is 0 Å². The van der Waals surface area contributed by atoms with Gasteiger partial charge in [0.25, 0.3) is 0 Å². The number of hydrogen-bond acceptors (Lipinski definition) is 4. The summed E-state index contributed by atoms with van der Waals surface area (Å²) in [5.74, 6) is -0.129. The predicted molar refractivity (Wildman–Crippen MR) is 114 cm³/mol. The van der Waals surface area contributed by atoms with Crippen LogP contribution in [0.2, 0.25) is 0 Å². The SMILES string of the molecule is CCC(=O)N(c1ccccc1)C1CCN(CCn2c(=O)oc3ccccc32)CC1. The van der Waals surface area contributed by atoms with Crippen LogP contribution in [-0.2, 0) is 11.3 Å². The van der Waals surface area contributed by atoms with Crippen LogP contribution in [0.5, 0.6) is 0 Å². The third kappa shape index (κ3) is 4.12. The lowest BCUT2D eigenvalue weighted by Crippen LogP contribution is -2.48. The number of carbonyl (C=O) groups excluding carboxylic acids is 1. The number of piperidine rings is 1. The monoisotopic (exact) mass is 393 g/mol. The number of likely N-dealkylation sites (tertiary alicyclic amines) is 1. The number of hydrogen-bond donors (Lipinski definition) is 0. The Kier molecular flexibility index (Phi) is 5.81. The number of oxazole rings is 1. The van der Waals surface area contributed by atoms with Gasteiger partial charge >= 0.3 is 5.76 Å². The number of para-hydroxylation sites is 3. The van der Waals surface area contributed by atoms with Gasteiger partial charge in [0.15, 0.2) is 5.58 Å². The van der Waals surface area contributed by atoms with Crippen molar-refractivity contribution in [3.8, 4) is 0 Å². The van der Waals surface area contributed by atoms with Gasteiger partial charge in [0.05, 0.1) is 5.52 Å². The topological polar surface area (TPSA) is 58.7 Å². The zero-order valence-corrected chi connectivity index (χ0v) is 16.8. The molecule has 0 unspecified atom stereocenters. The molecule has 0 aliphatic carbocycles. The van der Waals surface area contributed by atoms with E-state index in [0.29, 0.717) is 18.5 Å². The molecule has 1 amide bonds. The average Bonchev–Trinajstić information content (AvgIpc) is 3.09. The summed E-state index contributed by atoms with van der Waals surface area (Å²) in [6.07, 6.45) is 2.37. The van der Waals surface area contributed by atoms with Crippen LogP contribution < -0.4 is 10.7 Å². The molecule has 6 nitrogen and oxygen atoms in total. The fourth-order valence-corrected chi connectivity index (χ4v) is 4.19. The Balaban J connectivity index is 1.39. The zero-order valence-electron chi connectivity index (χ0n) is 16.8. The molecule has 0 radical (unpaired) electrons. The average molecular weight is 393 g/mol. The molecule has 0 atom stereocenters. The summed E-state index contributed by atoms with van der Waals surface area (Å²) in [4.78, 5) is 29.1. The molecule has 2 heterocycles. The maximum absolute atomic E-state index is 12.6. The van der Waals surface area contributed by atoms with Crippen LogP contribution in [0, 0.1) is 0 Å². The molecule has 1 aliphatic rings. The van der Waals surface area contributed by atoms with Crippen LogP contribution >= 0.6 is 0 Å². The second-order valence-electron chi connectivity index (χ2n) is 7.51. The number of nitrogens with zero attached hydrogens (tertiary/aromatic N) is 3. The summed E-state index contributed by atoms with van der Waals surface area (Å²) < 4.78 is 7.03. The van der Waals surface area contributed by atoms with E-state index in [1.54, 1.807) is 4.57 Å². The maximum atomic E-state index is 12.6. The molecule has 0 saturated carbocycles. The molecule has 0 N–H and O–H groups in total. The summed E-state index contributed by atoms with van der Waals surface area (Å²) in [6.45, 7) is 5.14. The largest absolute Gasteiger partial charge is 0.419 e. The van der Waals surface area contributed by atoms with Crippen LogP contribution in [-0.4, -0.2) is 41.1 Å². The second kappa shape index (κ2) is 8.66. The van der Waals surface area contributed by atoms with Gasteiger partial charge in [0, 0.05) is 44.3 Å². The summed E-state index contributed by atoms with van der Waals surface area (Å²) >= 11 is 0. The third-order valence-corrected chi connectivity index (χ3v) is 5.74. The third-order valence-electron chi connectivity index (χ3n) is 5.74. The van der Waals surface area contributed by atoms with Gasteiger partial charge in [-0.05, 0) is 37.1 Å². The van der Waals surface area contributed by atoms with Crippen LogP contribution in [0.25, 0.3) is 11.1 Å². The Morgan fingerprint density at radius 1 is 1.03 bits per heavy atom. The van der Waals surface area contributed by atoms with Crippen molar-refractivity contribution in [3.05, 3.63) is 65.1 Å². The predicted octanol–water partition coefficient (Wildman–Crippen LogP) is 3.50. The van der Waals surface area contributed by atoms with E-state index in [9.17, 15) is 9.59 Å². The fourth-order valence-electron chi connectivity index (χ4n) is 4.19. The van der Waals surface area contributed by atoms with Gasteiger partial charge in [-0.2, -0.15) is 0 Å². The minimum Gasteiger partial charge on any atom is -0.408 e. The minimum atomic E-state index is -0.301. The van der Waals surface area contributed by atoms with Crippen LogP contribution in [0.3, 0.4) is 0 Å². The highest BCUT2D eigenvalue weighted by Gasteiger charge is 2.28. The highest BCUT2D eigenvalue weighted by atomic mass is 16.4. The molecular formula is C23H27N3O3. The van der Waals surface area contributed by atoms with Crippen molar-refractivity contribution in [1.82, 2.24) is 9.47 Å². The van der Waals surface area contributed by atoms with Crippen molar-refractivity contribution in [2.45, 2.75) is 38.8 Å². The van der Waals surface area contributed by atoms with Crippen molar-refractivity contribution in [1.29, 1.82) is 0 Å². The molecule has 29 heavy (non-hydrogen) atoms. The molecule has 6 heteroatoms. The molecule has 3 aromatic rings. The summed E-state index contributed by atoms with van der Waals surface area (Å²) in [6, 6.07) is 17.7. The van der Waals surface area contributed by atoms with Crippen LogP contribution in [0.15, 0.2) is 63.8 Å². The smallest absolute Gasteiger partial charge is 0.408 e.